The van der Waals surface area contributed by atoms with Crippen LogP contribution in [0.15, 0.2) is 42.5 Å². The largest absolute Gasteiger partial charge is 0.465 e. The second-order valence-corrected chi connectivity index (χ2v) is 6.81. The Bertz CT molecular complexity index is 654. The molecule has 2 aromatic rings. The van der Waals surface area contributed by atoms with Gasteiger partial charge in [0.2, 0.25) is 0 Å². The van der Waals surface area contributed by atoms with E-state index in [-0.39, 0.29) is 20.4 Å². The summed E-state index contributed by atoms with van der Waals surface area (Å²) in [4.78, 5) is 12.4. The molecule has 0 radical (unpaired) electrons. The first-order valence-electron chi connectivity index (χ1n) is 7.15. The first-order chi connectivity index (χ1) is 11.0. The predicted molar refractivity (Wildman–Crippen MR) is 96.9 cm³/mol. The molecule has 2 unspecified atom stereocenters. The van der Waals surface area contributed by atoms with Gasteiger partial charge in [0.05, 0.1) is 15.6 Å². The minimum absolute atomic E-state index is 0.0535. The van der Waals surface area contributed by atoms with Gasteiger partial charge < -0.3 is 9.47 Å². The number of carbonyl (C=O) groups is 1. The molecule has 0 amide bonds. The Morgan fingerprint density at radius 1 is 1.13 bits per heavy atom. The van der Waals surface area contributed by atoms with Crippen LogP contribution in [0.2, 0.25) is 10.0 Å². The Hall–Kier alpha value is -1.12. The quantitative estimate of drug-likeness (QED) is 0.513. The summed E-state index contributed by atoms with van der Waals surface area (Å²) < 4.78 is 10.9. The van der Waals surface area contributed by atoms with E-state index in [2.05, 4.69) is 0 Å². The van der Waals surface area contributed by atoms with E-state index in [1.807, 2.05) is 38.1 Å². The molecule has 2 atom stereocenters. The number of halogens is 2. The third-order valence-corrected chi connectivity index (χ3v) is 4.73. The Morgan fingerprint density at radius 3 is 2.30 bits per heavy atom. The summed E-state index contributed by atoms with van der Waals surface area (Å²) in [5.74, 6) is 0.697. The monoisotopic (exact) mass is 370 g/mol. The molecule has 0 saturated heterocycles. The van der Waals surface area contributed by atoms with Crippen LogP contribution in [0.3, 0.4) is 0 Å². The minimum Gasteiger partial charge on any atom is -0.465 e. The van der Waals surface area contributed by atoms with Crippen LogP contribution in [-0.2, 0) is 4.74 Å². The molecule has 0 bridgehead atoms. The van der Waals surface area contributed by atoms with Gasteiger partial charge in [-0.1, -0.05) is 41.4 Å². The van der Waals surface area contributed by atoms with Crippen molar-refractivity contribution in [1.29, 1.82) is 0 Å². The first kappa shape index (κ1) is 18.2. The third kappa shape index (κ3) is 5.19. The SMILES string of the molecule is CCOC(C)Oc1ccc(PC(=O)c2c(Cl)cccc2Cl)cc1. The van der Waals surface area contributed by atoms with E-state index in [0.29, 0.717) is 28.0 Å². The average molecular weight is 371 g/mol. The van der Waals surface area contributed by atoms with Crippen LogP contribution in [0.25, 0.3) is 0 Å². The molecule has 0 N–H and O–H groups in total. The van der Waals surface area contributed by atoms with Gasteiger partial charge in [0.1, 0.15) is 5.75 Å². The van der Waals surface area contributed by atoms with Crippen LogP contribution < -0.4 is 10.0 Å². The maximum Gasteiger partial charge on any atom is 0.196 e. The molecular formula is C17H17Cl2O3P. The summed E-state index contributed by atoms with van der Waals surface area (Å²) in [5.41, 5.74) is 0.288. The number of benzene rings is 2. The van der Waals surface area contributed by atoms with E-state index >= 15 is 0 Å². The molecule has 6 heteroatoms. The number of rotatable bonds is 7. The van der Waals surface area contributed by atoms with Crippen molar-refractivity contribution in [3.63, 3.8) is 0 Å². The summed E-state index contributed by atoms with van der Waals surface area (Å²) in [7, 11) is -0.0535. The van der Waals surface area contributed by atoms with Gasteiger partial charge in [-0.05, 0) is 52.0 Å². The lowest BCUT2D eigenvalue weighted by Crippen LogP contribution is -2.16. The van der Waals surface area contributed by atoms with Gasteiger partial charge in [-0.3, -0.25) is 4.79 Å². The molecule has 0 aliphatic heterocycles. The maximum absolute atomic E-state index is 12.4. The van der Waals surface area contributed by atoms with E-state index in [1.165, 1.54) is 0 Å². The van der Waals surface area contributed by atoms with Gasteiger partial charge in [-0.2, -0.15) is 0 Å². The Balaban J connectivity index is 2.05. The van der Waals surface area contributed by atoms with E-state index < -0.39 is 0 Å². The summed E-state index contributed by atoms with van der Waals surface area (Å²) in [6, 6.07) is 12.4. The molecule has 122 valence electrons. The Labute approximate surface area is 147 Å². The van der Waals surface area contributed by atoms with Gasteiger partial charge in [-0.15, -0.1) is 0 Å². The maximum atomic E-state index is 12.4. The molecule has 3 nitrogen and oxygen atoms in total. The predicted octanol–water partition coefficient (Wildman–Crippen LogP) is 4.90. The molecule has 0 aromatic heterocycles. The minimum atomic E-state index is -0.308. The summed E-state index contributed by atoms with van der Waals surface area (Å²) in [6.45, 7) is 4.34. The zero-order chi connectivity index (χ0) is 16.8. The molecule has 23 heavy (non-hydrogen) atoms. The van der Waals surface area contributed by atoms with Crippen molar-refractivity contribution < 1.29 is 14.3 Å². The second kappa shape index (κ2) is 8.65. The van der Waals surface area contributed by atoms with Gasteiger partial charge in [-0.25, -0.2) is 0 Å². The molecule has 2 rings (SSSR count). The van der Waals surface area contributed by atoms with Gasteiger partial charge in [0, 0.05) is 6.61 Å². The van der Waals surface area contributed by atoms with E-state index in [1.54, 1.807) is 18.2 Å². The lowest BCUT2D eigenvalue weighted by Gasteiger charge is -2.14. The molecule has 0 aliphatic rings. The summed E-state index contributed by atoms with van der Waals surface area (Å²) in [6.07, 6.45) is -0.308. The molecule has 0 saturated carbocycles. The van der Waals surface area contributed by atoms with Crippen molar-refractivity contribution in [2.75, 3.05) is 6.61 Å². The Morgan fingerprint density at radius 2 is 1.74 bits per heavy atom. The molecule has 0 fully saturated rings. The van der Waals surface area contributed by atoms with E-state index in [9.17, 15) is 4.79 Å². The Kier molecular flexibility index (Phi) is 6.86. The summed E-state index contributed by atoms with van der Waals surface area (Å²) in [5, 5.41) is 1.64. The van der Waals surface area contributed by atoms with Crippen molar-refractivity contribution in [1.82, 2.24) is 0 Å². The zero-order valence-electron chi connectivity index (χ0n) is 12.8. The number of ether oxygens (including phenoxy) is 2. The van der Waals surface area contributed by atoms with Crippen molar-refractivity contribution in [3.8, 4) is 5.75 Å². The summed E-state index contributed by atoms with van der Waals surface area (Å²) >= 11 is 12.1. The van der Waals surface area contributed by atoms with E-state index in [0.717, 1.165) is 5.30 Å². The van der Waals surface area contributed by atoms with Crippen LogP contribution in [0, 0.1) is 0 Å². The molecule has 0 heterocycles. The lowest BCUT2D eigenvalue weighted by molar-refractivity contribution is -0.0613. The number of hydrogen-bond acceptors (Lipinski definition) is 3. The standard InChI is InChI=1S/C17H17Cl2O3P/c1-3-21-11(2)22-12-7-9-13(10-8-12)23-17(20)16-14(18)5-4-6-15(16)19/h4-11,23H,3H2,1-2H3. The van der Waals surface area contributed by atoms with Crippen molar-refractivity contribution in [2.24, 2.45) is 0 Å². The highest BCUT2D eigenvalue weighted by atomic mass is 35.5. The lowest BCUT2D eigenvalue weighted by atomic mass is 10.2. The highest BCUT2D eigenvalue weighted by Crippen LogP contribution is 2.30. The van der Waals surface area contributed by atoms with Gasteiger partial charge >= 0.3 is 0 Å². The van der Waals surface area contributed by atoms with Gasteiger partial charge in [0.25, 0.3) is 0 Å². The molecular weight excluding hydrogens is 354 g/mol. The fourth-order valence-corrected chi connectivity index (χ4v) is 3.70. The normalized spacial score (nSPS) is 12.5. The first-order valence-corrected chi connectivity index (χ1v) is 8.90. The number of carbonyl (C=O) groups excluding carboxylic acids is 1. The average Bonchev–Trinajstić information content (AvgIpc) is 2.49. The number of hydrogen-bond donors (Lipinski definition) is 0. The van der Waals surface area contributed by atoms with Crippen LogP contribution in [0.5, 0.6) is 5.75 Å². The fraction of sp³-hybridized carbons (Fsp3) is 0.235. The van der Waals surface area contributed by atoms with E-state index in [4.69, 9.17) is 32.7 Å². The molecule has 2 aromatic carbocycles. The second-order valence-electron chi connectivity index (χ2n) is 4.72. The van der Waals surface area contributed by atoms with Crippen molar-refractivity contribution in [3.05, 3.63) is 58.1 Å². The highest BCUT2D eigenvalue weighted by Gasteiger charge is 2.15. The van der Waals surface area contributed by atoms with Crippen LogP contribution in [-0.4, -0.2) is 18.4 Å². The van der Waals surface area contributed by atoms with Crippen molar-refractivity contribution >= 4 is 42.6 Å². The molecule has 0 aliphatic carbocycles. The van der Waals surface area contributed by atoms with Crippen LogP contribution in [0.4, 0.5) is 0 Å². The van der Waals surface area contributed by atoms with Crippen molar-refractivity contribution in [2.45, 2.75) is 20.1 Å². The highest BCUT2D eigenvalue weighted by molar-refractivity contribution is 7.66. The molecule has 0 spiro atoms. The third-order valence-electron chi connectivity index (χ3n) is 3.01. The fourth-order valence-electron chi connectivity index (χ4n) is 1.99. The zero-order valence-corrected chi connectivity index (χ0v) is 15.3. The smallest absolute Gasteiger partial charge is 0.196 e. The van der Waals surface area contributed by atoms with Crippen LogP contribution in [0.1, 0.15) is 24.2 Å². The van der Waals surface area contributed by atoms with Gasteiger partial charge in [0.15, 0.2) is 11.8 Å². The topological polar surface area (TPSA) is 35.5 Å². The van der Waals surface area contributed by atoms with Crippen LogP contribution >= 0.6 is 31.8 Å².